The molecule has 5 rings (SSSR count). The van der Waals surface area contributed by atoms with Crippen LogP contribution in [0.5, 0.6) is 34.5 Å². The fourth-order valence-corrected chi connectivity index (χ4v) is 5.34. The highest BCUT2D eigenvalue weighted by Crippen LogP contribution is 2.55. The predicted molar refractivity (Wildman–Crippen MR) is 131 cm³/mol. The molecule has 1 heterocycles. The third-order valence-electron chi connectivity index (χ3n) is 6.91. The molecule has 36 heavy (non-hydrogen) atoms. The van der Waals surface area contributed by atoms with Crippen molar-refractivity contribution in [3.8, 4) is 45.6 Å². The van der Waals surface area contributed by atoms with Gasteiger partial charge in [-0.25, -0.2) is 0 Å². The van der Waals surface area contributed by atoms with E-state index in [1.807, 2.05) is 12.1 Å². The number of phenols is 2. The van der Waals surface area contributed by atoms with E-state index < -0.39 is 6.10 Å². The van der Waals surface area contributed by atoms with E-state index in [2.05, 4.69) is 0 Å². The number of phenolic OH excluding ortho intramolecular Hbond substituents is 2. The average molecular weight is 493 g/mol. The third-order valence-corrected chi connectivity index (χ3v) is 6.91. The van der Waals surface area contributed by atoms with E-state index in [1.165, 1.54) is 21.1 Å². The van der Waals surface area contributed by atoms with E-state index >= 15 is 0 Å². The van der Waals surface area contributed by atoms with Gasteiger partial charge in [0.05, 0.1) is 27.2 Å². The number of aromatic hydroxyl groups is 2. The van der Waals surface area contributed by atoms with Crippen molar-refractivity contribution in [3.63, 3.8) is 0 Å². The molecule has 188 valence electrons. The molecule has 0 radical (unpaired) electrons. The molecular weight excluding hydrogens is 464 g/mol. The summed E-state index contributed by atoms with van der Waals surface area (Å²) in [6.45, 7) is 1.49. The zero-order valence-electron chi connectivity index (χ0n) is 20.6. The Morgan fingerprint density at radius 1 is 0.972 bits per heavy atom. The molecule has 1 aliphatic carbocycles. The molecule has 3 aromatic rings. The summed E-state index contributed by atoms with van der Waals surface area (Å²) in [7, 11) is 4.56. The Labute approximate surface area is 209 Å². The number of ether oxygens (including phenoxy) is 5. The van der Waals surface area contributed by atoms with Gasteiger partial charge in [0, 0.05) is 29.7 Å². The average Bonchev–Trinajstić information content (AvgIpc) is 3.25. The molecule has 8 nitrogen and oxygen atoms in total. The van der Waals surface area contributed by atoms with Crippen molar-refractivity contribution >= 4 is 5.97 Å². The van der Waals surface area contributed by atoms with Gasteiger partial charge in [-0.15, -0.1) is 0 Å². The van der Waals surface area contributed by atoms with Crippen LogP contribution in [-0.4, -0.2) is 44.1 Å². The van der Waals surface area contributed by atoms with Gasteiger partial charge in [0.2, 0.25) is 5.75 Å². The minimum atomic E-state index is -0.528. The Morgan fingerprint density at radius 3 is 2.31 bits per heavy atom. The standard InChI is InChI=1S/C28H28O8/c1-14(29)35-13-20-26-19-7-5-15-9-17(30)6-8-18(15)25(19)21(32-2)12-22(26)36-28(20)16-10-23(33-3)27(31)24(11-16)34-4/h6,8-12,20,28,30-31H,5,7,13H2,1-4H3/t20-,28+/m1/s1. The van der Waals surface area contributed by atoms with Crippen LogP contribution in [0.25, 0.3) is 11.1 Å². The van der Waals surface area contributed by atoms with Gasteiger partial charge in [0.25, 0.3) is 0 Å². The van der Waals surface area contributed by atoms with E-state index in [1.54, 1.807) is 31.4 Å². The van der Waals surface area contributed by atoms with E-state index in [4.69, 9.17) is 23.7 Å². The van der Waals surface area contributed by atoms with E-state index in [-0.39, 0.29) is 41.5 Å². The van der Waals surface area contributed by atoms with Crippen LogP contribution in [0, 0.1) is 0 Å². The van der Waals surface area contributed by atoms with Crippen LogP contribution in [0.4, 0.5) is 0 Å². The van der Waals surface area contributed by atoms with E-state index in [9.17, 15) is 15.0 Å². The fourth-order valence-electron chi connectivity index (χ4n) is 5.34. The fraction of sp³-hybridized carbons (Fsp3) is 0.321. The highest BCUT2D eigenvalue weighted by atomic mass is 16.5. The first kappa shape index (κ1) is 23.7. The quantitative estimate of drug-likeness (QED) is 0.479. The summed E-state index contributed by atoms with van der Waals surface area (Å²) in [5, 5.41) is 20.4. The first-order chi connectivity index (χ1) is 17.4. The number of fused-ring (bicyclic) bond motifs is 5. The van der Waals surface area contributed by atoms with Crippen molar-refractivity contribution in [2.24, 2.45) is 0 Å². The Balaban J connectivity index is 1.69. The number of carbonyl (C=O) groups is 1. The van der Waals surface area contributed by atoms with Gasteiger partial charge >= 0.3 is 5.97 Å². The molecule has 0 bridgehead atoms. The maximum atomic E-state index is 11.8. The first-order valence-electron chi connectivity index (χ1n) is 11.7. The predicted octanol–water partition coefficient (Wildman–Crippen LogP) is 4.67. The molecular formula is C28H28O8. The van der Waals surface area contributed by atoms with Gasteiger partial charge in [0.15, 0.2) is 11.5 Å². The van der Waals surface area contributed by atoms with Gasteiger partial charge < -0.3 is 33.9 Å². The maximum Gasteiger partial charge on any atom is 0.302 e. The summed E-state index contributed by atoms with van der Waals surface area (Å²) in [6, 6.07) is 10.6. The Morgan fingerprint density at radius 2 is 1.67 bits per heavy atom. The SMILES string of the molecule is COc1cc([C@@H]2Oc3cc(OC)c4c(c3[C@H]2COC(C)=O)CCc2cc(O)ccc2-4)cc(OC)c1O. The lowest BCUT2D eigenvalue weighted by Gasteiger charge is -2.26. The number of esters is 1. The third kappa shape index (κ3) is 3.82. The molecule has 2 atom stereocenters. The first-order valence-corrected chi connectivity index (χ1v) is 11.7. The Bertz CT molecular complexity index is 1320. The van der Waals surface area contributed by atoms with Crippen molar-refractivity contribution < 1.29 is 38.7 Å². The minimum Gasteiger partial charge on any atom is -0.508 e. The largest absolute Gasteiger partial charge is 0.508 e. The molecule has 8 heteroatoms. The number of hydrogen-bond donors (Lipinski definition) is 2. The molecule has 0 aromatic heterocycles. The smallest absolute Gasteiger partial charge is 0.302 e. The zero-order chi connectivity index (χ0) is 25.6. The van der Waals surface area contributed by atoms with Crippen LogP contribution >= 0.6 is 0 Å². The maximum absolute atomic E-state index is 11.8. The van der Waals surface area contributed by atoms with Crippen LogP contribution in [0.15, 0.2) is 36.4 Å². The summed E-state index contributed by atoms with van der Waals surface area (Å²) in [4.78, 5) is 11.8. The summed E-state index contributed by atoms with van der Waals surface area (Å²) in [5.41, 5.74) is 5.73. The highest BCUT2D eigenvalue weighted by molar-refractivity contribution is 5.82. The summed E-state index contributed by atoms with van der Waals surface area (Å²) >= 11 is 0. The molecule has 0 saturated carbocycles. The summed E-state index contributed by atoms with van der Waals surface area (Å²) in [5.74, 6) is 1.25. The number of methoxy groups -OCH3 is 3. The van der Waals surface area contributed by atoms with Gasteiger partial charge in [-0.05, 0) is 53.8 Å². The number of aryl methyl sites for hydroxylation is 1. The van der Waals surface area contributed by atoms with Crippen LogP contribution in [0.1, 0.15) is 41.2 Å². The molecule has 0 amide bonds. The second-order valence-electron chi connectivity index (χ2n) is 8.91. The van der Waals surface area contributed by atoms with Gasteiger partial charge in [-0.1, -0.05) is 6.07 Å². The molecule has 1 aliphatic heterocycles. The van der Waals surface area contributed by atoms with Crippen molar-refractivity contribution in [3.05, 3.63) is 58.7 Å². The zero-order valence-corrected chi connectivity index (χ0v) is 20.6. The normalized spacial score (nSPS) is 17.3. The molecule has 0 fully saturated rings. The summed E-state index contributed by atoms with van der Waals surface area (Å²) < 4.78 is 28.5. The summed E-state index contributed by atoms with van der Waals surface area (Å²) in [6.07, 6.45) is 0.919. The van der Waals surface area contributed by atoms with Crippen molar-refractivity contribution in [2.75, 3.05) is 27.9 Å². The second-order valence-corrected chi connectivity index (χ2v) is 8.91. The van der Waals surface area contributed by atoms with Crippen LogP contribution in [0.2, 0.25) is 0 Å². The molecule has 0 spiro atoms. The van der Waals surface area contributed by atoms with E-state index in [0.717, 1.165) is 34.2 Å². The lowest BCUT2D eigenvalue weighted by molar-refractivity contribution is -0.141. The molecule has 0 saturated heterocycles. The second kappa shape index (κ2) is 9.18. The van der Waals surface area contributed by atoms with Crippen LogP contribution in [0.3, 0.4) is 0 Å². The number of carbonyl (C=O) groups excluding carboxylic acids is 1. The Hall–Kier alpha value is -4.07. The number of rotatable bonds is 6. The van der Waals surface area contributed by atoms with E-state index in [0.29, 0.717) is 23.5 Å². The Kier molecular flexibility index (Phi) is 6.04. The van der Waals surface area contributed by atoms with Crippen LogP contribution < -0.4 is 18.9 Å². The van der Waals surface area contributed by atoms with Crippen molar-refractivity contribution in [1.82, 2.24) is 0 Å². The monoisotopic (exact) mass is 492 g/mol. The minimum absolute atomic E-state index is 0.102. The van der Waals surface area contributed by atoms with Crippen molar-refractivity contribution in [1.29, 1.82) is 0 Å². The van der Waals surface area contributed by atoms with Gasteiger partial charge in [0.1, 0.15) is 30.0 Å². The molecule has 2 N–H and O–H groups in total. The van der Waals surface area contributed by atoms with Gasteiger partial charge in [-0.2, -0.15) is 0 Å². The molecule has 3 aromatic carbocycles. The van der Waals surface area contributed by atoms with Gasteiger partial charge in [-0.3, -0.25) is 4.79 Å². The molecule has 0 unspecified atom stereocenters. The lowest BCUT2D eigenvalue weighted by Crippen LogP contribution is -2.19. The highest BCUT2D eigenvalue weighted by Gasteiger charge is 2.41. The van der Waals surface area contributed by atoms with Crippen LogP contribution in [-0.2, 0) is 22.4 Å². The van der Waals surface area contributed by atoms with Crippen molar-refractivity contribution in [2.45, 2.75) is 31.8 Å². The lowest BCUT2D eigenvalue weighted by atomic mass is 9.78. The molecule has 2 aliphatic rings. The number of benzene rings is 3. The number of hydrogen-bond acceptors (Lipinski definition) is 8. The topological polar surface area (TPSA) is 104 Å².